The molecule has 2 heterocycles. The van der Waals surface area contributed by atoms with Gasteiger partial charge in [-0.3, -0.25) is 19.6 Å². The number of aromatic nitrogens is 2. The first kappa shape index (κ1) is 19.1. The lowest BCUT2D eigenvalue weighted by Crippen LogP contribution is -2.56. The van der Waals surface area contributed by atoms with Gasteiger partial charge in [-0.2, -0.15) is 18.3 Å². The second kappa shape index (κ2) is 6.96. The highest BCUT2D eigenvalue weighted by atomic mass is 19.4. The number of amides is 1. The molecule has 25 heavy (non-hydrogen) atoms. The summed E-state index contributed by atoms with van der Waals surface area (Å²) in [5, 5.41) is 29.7. The van der Waals surface area contributed by atoms with E-state index in [1.165, 1.54) is 7.05 Å². The summed E-state index contributed by atoms with van der Waals surface area (Å²) in [6.45, 7) is 0.0413. The SMILES string of the molecule is Cn1ncc([N+](=O)[O-])c1[C@@]1(NC(=O)C(F)(F)F)CCNCCC1CO. The van der Waals surface area contributed by atoms with Crippen molar-refractivity contribution in [1.29, 1.82) is 0 Å². The van der Waals surface area contributed by atoms with Crippen LogP contribution in [-0.2, 0) is 17.4 Å². The summed E-state index contributed by atoms with van der Waals surface area (Å²) in [7, 11) is 1.34. The highest BCUT2D eigenvalue weighted by molar-refractivity contribution is 5.82. The molecule has 1 fully saturated rings. The number of rotatable bonds is 4. The Morgan fingerprint density at radius 3 is 2.84 bits per heavy atom. The van der Waals surface area contributed by atoms with E-state index in [2.05, 4.69) is 10.4 Å². The smallest absolute Gasteiger partial charge is 0.396 e. The van der Waals surface area contributed by atoms with Gasteiger partial charge in [0.1, 0.15) is 11.9 Å². The van der Waals surface area contributed by atoms with Crippen LogP contribution in [0.4, 0.5) is 18.9 Å². The maximum Gasteiger partial charge on any atom is 0.471 e. The van der Waals surface area contributed by atoms with Crippen molar-refractivity contribution in [3.8, 4) is 0 Å². The van der Waals surface area contributed by atoms with E-state index in [0.717, 1.165) is 10.9 Å². The summed E-state index contributed by atoms with van der Waals surface area (Å²) in [4.78, 5) is 22.2. The van der Waals surface area contributed by atoms with Crippen LogP contribution < -0.4 is 10.6 Å². The number of aliphatic hydroxyl groups excluding tert-OH is 1. The molecule has 1 aliphatic heterocycles. The number of halogens is 3. The van der Waals surface area contributed by atoms with Gasteiger partial charge in [0, 0.05) is 19.6 Å². The van der Waals surface area contributed by atoms with E-state index >= 15 is 0 Å². The molecule has 12 heteroatoms. The zero-order chi connectivity index (χ0) is 18.8. The van der Waals surface area contributed by atoms with Gasteiger partial charge >= 0.3 is 17.8 Å². The number of hydrogen-bond donors (Lipinski definition) is 3. The van der Waals surface area contributed by atoms with Gasteiger partial charge in [0.15, 0.2) is 0 Å². The lowest BCUT2D eigenvalue weighted by Gasteiger charge is -2.39. The molecule has 1 unspecified atom stereocenters. The molecule has 0 saturated carbocycles. The highest BCUT2D eigenvalue weighted by Crippen LogP contribution is 2.41. The predicted molar refractivity (Wildman–Crippen MR) is 78.4 cm³/mol. The fraction of sp³-hybridized carbons (Fsp3) is 0.692. The van der Waals surface area contributed by atoms with Gasteiger partial charge in [-0.15, -0.1) is 0 Å². The number of aryl methyl sites for hydroxylation is 1. The number of nitrogens with zero attached hydrogens (tertiary/aromatic N) is 3. The summed E-state index contributed by atoms with van der Waals surface area (Å²) in [5.41, 5.74) is -2.46. The van der Waals surface area contributed by atoms with Crippen molar-refractivity contribution in [1.82, 2.24) is 20.4 Å². The minimum absolute atomic E-state index is 0.0690. The van der Waals surface area contributed by atoms with Crippen molar-refractivity contribution in [2.24, 2.45) is 13.0 Å². The molecule has 2 atom stereocenters. The van der Waals surface area contributed by atoms with E-state index in [-0.39, 0.29) is 25.1 Å². The minimum atomic E-state index is -5.17. The average Bonchev–Trinajstić information content (AvgIpc) is 2.79. The standard InChI is InChI=1S/C13H18F3N5O4/c1-20-10(9(6-18-20)21(24)25)12(19-11(23)13(14,15)16)3-5-17-4-2-8(12)7-22/h6,8,17,22H,2-5,7H2,1H3,(H,19,23)/t8?,12-/m1/s1. The molecule has 1 saturated heterocycles. The molecule has 0 spiro atoms. The monoisotopic (exact) mass is 365 g/mol. The zero-order valence-corrected chi connectivity index (χ0v) is 13.3. The van der Waals surface area contributed by atoms with E-state index in [4.69, 9.17) is 0 Å². The summed E-state index contributed by atoms with van der Waals surface area (Å²) >= 11 is 0. The minimum Gasteiger partial charge on any atom is -0.396 e. The quantitative estimate of drug-likeness (QED) is 0.517. The maximum absolute atomic E-state index is 12.9. The van der Waals surface area contributed by atoms with Gasteiger partial charge in [-0.05, 0) is 25.9 Å². The highest BCUT2D eigenvalue weighted by Gasteiger charge is 2.52. The number of carbonyl (C=O) groups excluding carboxylic acids is 1. The van der Waals surface area contributed by atoms with E-state index in [1.807, 2.05) is 5.32 Å². The lowest BCUT2D eigenvalue weighted by molar-refractivity contribution is -0.386. The third-order valence-electron chi connectivity index (χ3n) is 4.42. The molecule has 1 aromatic heterocycles. The first-order chi connectivity index (χ1) is 11.6. The van der Waals surface area contributed by atoms with Gasteiger partial charge in [-0.25, -0.2) is 0 Å². The molecular weight excluding hydrogens is 347 g/mol. The van der Waals surface area contributed by atoms with Crippen LogP contribution in [0.1, 0.15) is 18.5 Å². The van der Waals surface area contributed by atoms with Crippen molar-refractivity contribution in [2.75, 3.05) is 19.7 Å². The summed E-state index contributed by atoms with van der Waals surface area (Å²) in [5.74, 6) is -3.08. The number of nitrogens with one attached hydrogen (secondary N) is 2. The van der Waals surface area contributed by atoms with Crippen LogP contribution in [0.5, 0.6) is 0 Å². The predicted octanol–water partition coefficient (Wildman–Crippen LogP) is 0.194. The van der Waals surface area contributed by atoms with E-state index in [9.17, 15) is 33.2 Å². The van der Waals surface area contributed by atoms with Gasteiger partial charge in [0.05, 0.1) is 10.5 Å². The van der Waals surface area contributed by atoms with E-state index < -0.39 is 40.8 Å². The number of carbonyl (C=O) groups is 1. The Labute approximate surface area is 140 Å². The Morgan fingerprint density at radius 1 is 1.60 bits per heavy atom. The molecule has 0 aliphatic carbocycles. The Balaban J connectivity index is 2.65. The number of aliphatic hydroxyl groups is 1. The molecule has 9 nitrogen and oxygen atoms in total. The van der Waals surface area contributed by atoms with Crippen molar-refractivity contribution in [3.05, 3.63) is 22.0 Å². The molecule has 2 rings (SSSR count). The van der Waals surface area contributed by atoms with E-state index in [1.54, 1.807) is 0 Å². The molecule has 3 N–H and O–H groups in total. The Hall–Kier alpha value is -2.21. The van der Waals surface area contributed by atoms with Crippen molar-refractivity contribution in [3.63, 3.8) is 0 Å². The van der Waals surface area contributed by atoms with Crippen LogP contribution in [0.2, 0.25) is 0 Å². The van der Waals surface area contributed by atoms with Crippen LogP contribution in [-0.4, -0.2) is 51.6 Å². The van der Waals surface area contributed by atoms with Crippen LogP contribution in [0, 0.1) is 16.0 Å². The van der Waals surface area contributed by atoms with Crippen LogP contribution >= 0.6 is 0 Å². The molecule has 1 amide bonds. The Morgan fingerprint density at radius 2 is 2.28 bits per heavy atom. The zero-order valence-electron chi connectivity index (χ0n) is 13.3. The number of hydrogen-bond acceptors (Lipinski definition) is 6. The van der Waals surface area contributed by atoms with Crippen LogP contribution in [0.25, 0.3) is 0 Å². The van der Waals surface area contributed by atoms with Crippen LogP contribution in [0.3, 0.4) is 0 Å². The van der Waals surface area contributed by atoms with Gasteiger partial charge < -0.3 is 15.7 Å². The normalized spacial score (nSPS) is 24.6. The van der Waals surface area contributed by atoms with Gasteiger partial charge in [-0.1, -0.05) is 0 Å². The fourth-order valence-electron chi connectivity index (χ4n) is 3.27. The van der Waals surface area contributed by atoms with Crippen molar-refractivity contribution >= 4 is 11.6 Å². The first-order valence-corrected chi connectivity index (χ1v) is 7.51. The molecule has 0 aromatic carbocycles. The van der Waals surface area contributed by atoms with Crippen molar-refractivity contribution < 1.29 is 28.0 Å². The second-order valence-corrected chi connectivity index (χ2v) is 5.85. The summed E-state index contributed by atoms with van der Waals surface area (Å²) < 4.78 is 39.7. The van der Waals surface area contributed by atoms with E-state index in [0.29, 0.717) is 6.54 Å². The number of alkyl halides is 3. The Kier molecular flexibility index (Phi) is 5.32. The lowest BCUT2D eigenvalue weighted by atomic mass is 9.76. The second-order valence-electron chi connectivity index (χ2n) is 5.85. The molecule has 0 radical (unpaired) electrons. The first-order valence-electron chi connectivity index (χ1n) is 7.51. The largest absolute Gasteiger partial charge is 0.471 e. The topological polar surface area (TPSA) is 122 Å². The molecular formula is C13H18F3N5O4. The maximum atomic E-state index is 12.9. The Bertz CT molecular complexity index is 663. The third-order valence-corrected chi connectivity index (χ3v) is 4.42. The molecule has 1 aliphatic rings. The molecule has 140 valence electrons. The van der Waals surface area contributed by atoms with Crippen LogP contribution in [0.15, 0.2) is 6.20 Å². The fourth-order valence-corrected chi connectivity index (χ4v) is 3.27. The van der Waals surface area contributed by atoms with Crippen molar-refractivity contribution in [2.45, 2.75) is 24.6 Å². The molecule has 0 bridgehead atoms. The summed E-state index contributed by atoms with van der Waals surface area (Å²) in [6, 6.07) is 0. The number of nitro groups is 1. The average molecular weight is 365 g/mol. The van der Waals surface area contributed by atoms with Gasteiger partial charge in [0.25, 0.3) is 0 Å². The van der Waals surface area contributed by atoms with Gasteiger partial charge in [0.2, 0.25) is 0 Å². The third kappa shape index (κ3) is 3.58. The molecule has 1 aromatic rings. The summed E-state index contributed by atoms with van der Waals surface area (Å²) in [6.07, 6.45) is -4.10.